The molecule has 0 aromatic carbocycles. The summed E-state index contributed by atoms with van der Waals surface area (Å²) < 4.78 is 10.6. The lowest BCUT2D eigenvalue weighted by Gasteiger charge is -2.26. The molecule has 0 bridgehead atoms. The maximum absolute atomic E-state index is 9.73. The third-order valence-corrected chi connectivity index (χ3v) is 12.5. The van der Waals surface area contributed by atoms with Crippen molar-refractivity contribution in [2.45, 2.75) is 26.2 Å². The Morgan fingerprint density at radius 3 is 2.00 bits per heavy atom. The van der Waals surface area contributed by atoms with Gasteiger partial charge in [0.05, 0.1) is 0 Å². The molecule has 0 aliphatic heterocycles. The van der Waals surface area contributed by atoms with E-state index in [1.165, 1.54) is 0 Å². The van der Waals surface area contributed by atoms with Crippen LogP contribution in [0.25, 0.3) is 0 Å². The Bertz CT molecular complexity index is 134. The van der Waals surface area contributed by atoms with E-state index in [1.807, 2.05) is 6.55 Å². The second-order valence-electron chi connectivity index (χ2n) is 3.36. The van der Waals surface area contributed by atoms with Gasteiger partial charge in [-0.15, -0.1) is 0 Å². The molecule has 0 rings (SSSR count). The van der Waals surface area contributed by atoms with Crippen LogP contribution >= 0.6 is 0 Å². The summed E-state index contributed by atoms with van der Waals surface area (Å²) in [6.07, 6.45) is 0. The van der Waals surface area contributed by atoms with Crippen LogP contribution in [0.1, 0.15) is 0 Å². The quantitative estimate of drug-likeness (QED) is 0.576. The lowest BCUT2D eigenvalue weighted by atomic mass is 11.9. The predicted molar refractivity (Wildman–Crippen MR) is 58.7 cm³/mol. The van der Waals surface area contributed by atoms with Gasteiger partial charge in [-0.3, -0.25) is 0 Å². The second-order valence-corrected chi connectivity index (χ2v) is 16.7. The fourth-order valence-corrected chi connectivity index (χ4v) is 16.7. The normalized spacial score (nSPS) is 19.5. The van der Waals surface area contributed by atoms with E-state index < -0.39 is 35.7 Å². The number of hydrogen-bond acceptors (Lipinski definition) is 4. The Morgan fingerprint density at radius 2 is 1.67 bits per heavy atom. The van der Waals surface area contributed by atoms with Crippen molar-refractivity contribution >= 4 is 35.7 Å². The highest BCUT2D eigenvalue weighted by atomic mass is 29.2. The Balaban J connectivity index is 3.86. The smallest absolute Gasteiger partial charge is 0.325 e. The summed E-state index contributed by atoms with van der Waals surface area (Å²) in [6, 6.07) is 0. The van der Waals surface area contributed by atoms with Crippen molar-refractivity contribution in [2.24, 2.45) is 0 Å². The maximum Gasteiger partial charge on any atom is 0.325 e. The molecular weight excluding hydrogens is 224 g/mol. The zero-order valence-electron chi connectivity index (χ0n) is 8.13. The van der Waals surface area contributed by atoms with Crippen LogP contribution in [-0.4, -0.2) is 45.3 Å². The summed E-state index contributed by atoms with van der Waals surface area (Å²) in [4.78, 5) is 19.2. The van der Waals surface area contributed by atoms with Crippen molar-refractivity contribution in [1.82, 2.24) is 0 Å². The van der Waals surface area contributed by atoms with Crippen molar-refractivity contribution in [3.05, 3.63) is 0 Å². The van der Waals surface area contributed by atoms with Gasteiger partial charge in [-0.05, 0) is 19.6 Å². The summed E-state index contributed by atoms with van der Waals surface area (Å²) >= 11 is 0. The lowest BCUT2D eigenvalue weighted by molar-refractivity contribution is 0.329. The van der Waals surface area contributed by atoms with Crippen LogP contribution in [-0.2, 0) is 8.23 Å². The zero-order valence-corrected chi connectivity index (χ0v) is 13.0. The third-order valence-electron chi connectivity index (χ3n) is 1.04. The standard InChI is InChI=1S/C4H18O4Si4/c1-9-7-10-12(4,6)8-11(2,3)5/h5-6H,9-10H2,1-4H3. The van der Waals surface area contributed by atoms with Gasteiger partial charge >= 0.3 is 16.6 Å². The van der Waals surface area contributed by atoms with E-state index in [1.54, 1.807) is 19.6 Å². The van der Waals surface area contributed by atoms with Gasteiger partial charge in [0.15, 0.2) is 9.28 Å². The highest BCUT2D eigenvalue weighted by molar-refractivity contribution is 7.17. The van der Waals surface area contributed by atoms with Crippen molar-refractivity contribution in [3.63, 3.8) is 0 Å². The first-order chi connectivity index (χ1) is 5.27. The molecule has 0 spiro atoms. The van der Waals surface area contributed by atoms with E-state index in [4.69, 9.17) is 8.23 Å². The minimum Gasteiger partial charge on any atom is -0.463 e. The predicted octanol–water partition coefficient (Wildman–Crippen LogP) is -1.51. The van der Waals surface area contributed by atoms with E-state index in [0.717, 1.165) is 0 Å². The first kappa shape index (κ1) is 12.7. The Labute approximate surface area is 80.1 Å². The Kier molecular flexibility index (Phi) is 5.09. The van der Waals surface area contributed by atoms with Crippen LogP contribution in [0.3, 0.4) is 0 Å². The highest BCUT2D eigenvalue weighted by Crippen LogP contribution is 2.07. The van der Waals surface area contributed by atoms with Gasteiger partial charge in [-0.1, -0.05) is 6.55 Å². The molecule has 0 amide bonds. The van der Waals surface area contributed by atoms with Crippen LogP contribution in [0.5, 0.6) is 0 Å². The van der Waals surface area contributed by atoms with Gasteiger partial charge in [0, 0.05) is 0 Å². The summed E-state index contributed by atoms with van der Waals surface area (Å²) in [6.45, 7) is 7.05. The molecule has 0 aliphatic carbocycles. The average molecular weight is 243 g/mol. The highest BCUT2D eigenvalue weighted by Gasteiger charge is 2.35. The van der Waals surface area contributed by atoms with Crippen molar-refractivity contribution in [1.29, 1.82) is 0 Å². The molecule has 0 saturated heterocycles. The van der Waals surface area contributed by atoms with Gasteiger partial charge in [0.25, 0.3) is 0 Å². The van der Waals surface area contributed by atoms with E-state index >= 15 is 0 Å². The van der Waals surface area contributed by atoms with Gasteiger partial charge in [-0.2, -0.15) is 0 Å². The first-order valence-electron chi connectivity index (χ1n) is 3.99. The van der Waals surface area contributed by atoms with Crippen LogP contribution in [0.4, 0.5) is 0 Å². The van der Waals surface area contributed by atoms with Gasteiger partial charge in [0.1, 0.15) is 9.76 Å². The third kappa shape index (κ3) is 7.36. The summed E-state index contributed by atoms with van der Waals surface area (Å²) in [7, 11) is -6.52. The topological polar surface area (TPSA) is 58.9 Å². The van der Waals surface area contributed by atoms with Crippen molar-refractivity contribution in [2.75, 3.05) is 0 Å². The number of hydrogen-bond donors (Lipinski definition) is 2. The minimum atomic E-state index is -2.60. The molecule has 2 N–H and O–H groups in total. The van der Waals surface area contributed by atoms with E-state index in [0.29, 0.717) is 0 Å². The van der Waals surface area contributed by atoms with Crippen LogP contribution in [0.2, 0.25) is 26.2 Å². The van der Waals surface area contributed by atoms with Crippen molar-refractivity contribution in [3.8, 4) is 0 Å². The molecule has 0 aromatic heterocycles. The summed E-state index contributed by atoms with van der Waals surface area (Å²) in [5.74, 6) is 0. The molecule has 0 saturated carbocycles. The molecule has 74 valence electrons. The molecule has 0 fully saturated rings. The van der Waals surface area contributed by atoms with Crippen LogP contribution < -0.4 is 0 Å². The fraction of sp³-hybridized carbons (Fsp3) is 1.00. The van der Waals surface area contributed by atoms with E-state index in [2.05, 4.69) is 0 Å². The average Bonchev–Trinajstić information content (AvgIpc) is 1.78. The summed E-state index contributed by atoms with van der Waals surface area (Å²) in [5, 5.41) is 0. The largest absolute Gasteiger partial charge is 0.463 e. The second kappa shape index (κ2) is 4.81. The maximum atomic E-state index is 9.73. The van der Waals surface area contributed by atoms with E-state index in [9.17, 15) is 9.59 Å². The molecule has 4 nitrogen and oxygen atoms in total. The summed E-state index contributed by atoms with van der Waals surface area (Å²) in [5.41, 5.74) is 0. The molecule has 0 heterocycles. The van der Waals surface area contributed by atoms with Crippen LogP contribution in [0.15, 0.2) is 0 Å². The Morgan fingerprint density at radius 1 is 1.17 bits per heavy atom. The molecule has 12 heavy (non-hydrogen) atoms. The monoisotopic (exact) mass is 242 g/mol. The van der Waals surface area contributed by atoms with E-state index in [-0.39, 0.29) is 0 Å². The molecule has 8 heteroatoms. The van der Waals surface area contributed by atoms with Gasteiger partial charge in [-0.25, -0.2) is 0 Å². The minimum absolute atomic E-state index is 0.429. The molecule has 0 aliphatic rings. The number of rotatable bonds is 5. The molecule has 1 atom stereocenters. The molecular formula is C4H18O4Si4. The SMILES string of the molecule is C[SiH2]O[SiH2][Si](C)(O)O[Si](C)(C)O. The lowest BCUT2D eigenvalue weighted by Crippen LogP contribution is -2.52. The molecule has 0 aromatic rings. The first-order valence-corrected chi connectivity index (χ1v) is 14.1. The molecule has 1 unspecified atom stereocenters. The fourth-order valence-electron chi connectivity index (χ4n) is 0.859. The zero-order chi connectivity index (χ0) is 9.83. The molecule has 0 radical (unpaired) electrons. The van der Waals surface area contributed by atoms with Gasteiger partial charge < -0.3 is 17.8 Å². The van der Waals surface area contributed by atoms with Gasteiger partial charge in [0.2, 0.25) is 0 Å². The van der Waals surface area contributed by atoms with Crippen molar-refractivity contribution < 1.29 is 17.8 Å². The van der Waals surface area contributed by atoms with Crippen LogP contribution in [0, 0.1) is 0 Å². The Hall–Kier alpha value is 0.708.